The largest absolute Gasteiger partial charge is 0.494 e. The molecule has 8 nitrogen and oxygen atoms in total. The minimum Gasteiger partial charge on any atom is -0.494 e. The maximum Gasteiger partial charge on any atom is 0.333 e. The van der Waals surface area contributed by atoms with Gasteiger partial charge in [0.25, 0.3) is 5.91 Å². The molecule has 0 saturated carbocycles. The molecule has 3 aromatic rings. The van der Waals surface area contributed by atoms with Crippen LogP contribution < -0.4 is 19.7 Å². The maximum absolute atomic E-state index is 13.1. The van der Waals surface area contributed by atoms with Crippen molar-refractivity contribution in [1.29, 1.82) is 0 Å². The molecule has 0 atom stereocenters. The standard InChI is InChI=1S/C32H35FN4O4/c1-35-18-20-36(21-19-35)17-3-2-4-22-40-27-11-5-24(6-12-27)23-30-31(38)37(32(39)34-30)26-9-15-29(16-10-26)41-28-13-7-25(33)8-14-28/h5-16,23H,2-4,17-22H2,1H3,(H,34,39). The zero-order chi connectivity index (χ0) is 28.6. The number of imide groups is 1. The number of benzene rings is 3. The first-order valence-electron chi connectivity index (χ1n) is 14.0. The second-order valence-corrected chi connectivity index (χ2v) is 10.3. The van der Waals surface area contributed by atoms with Crippen LogP contribution in [0.2, 0.25) is 0 Å². The summed E-state index contributed by atoms with van der Waals surface area (Å²) in [6.45, 7) is 6.44. The number of carbonyl (C=O) groups excluding carboxylic acids is 2. The fraction of sp³-hybridized carbons (Fsp3) is 0.312. The monoisotopic (exact) mass is 558 g/mol. The summed E-state index contributed by atoms with van der Waals surface area (Å²) in [4.78, 5) is 31.6. The number of carbonyl (C=O) groups is 2. The number of unbranched alkanes of at least 4 members (excludes halogenated alkanes) is 2. The summed E-state index contributed by atoms with van der Waals surface area (Å²) in [6.07, 6.45) is 4.98. The second kappa shape index (κ2) is 13.4. The SMILES string of the molecule is CN1CCN(CCCCCOc2ccc(C=C3NC(=O)N(c4ccc(Oc5ccc(F)cc5)cc4)C3=O)cc2)CC1. The molecule has 2 fully saturated rings. The molecule has 0 aromatic heterocycles. The topological polar surface area (TPSA) is 74.3 Å². The molecule has 3 amide bonds. The second-order valence-electron chi connectivity index (χ2n) is 10.3. The lowest BCUT2D eigenvalue weighted by Gasteiger charge is -2.32. The number of nitrogens with one attached hydrogen (secondary N) is 1. The van der Waals surface area contributed by atoms with Crippen molar-refractivity contribution in [2.24, 2.45) is 0 Å². The molecule has 214 valence electrons. The summed E-state index contributed by atoms with van der Waals surface area (Å²) in [7, 11) is 2.18. The van der Waals surface area contributed by atoms with E-state index in [-0.39, 0.29) is 11.5 Å². The van der Waals surface area contributed by atoms with Crippen LogP contribution in [0.3, 0.4) is 0 Å². The van der Waals surface area contributed by atoms with Crippen molar-refractivity contribution in [2.75, 3.05) is 51.3 Å². The number of ether oxygens (including phenoxy) is 2. The molecular formula is C32H35FN4O4. The van der Waals surface area contributed by atoms with E-state index in [0.29, 0.717) is 23.8 Å². The number of halogens is 1. The Kier molecular flexibility index (Phi) is 9.28. The zero-order valence-electron chi connectivity index (χ0n) is 23.2. The van der Waals surface area contributed by atoms with Crippen molar-refractivity contribution in [2.45, 2.75) is 19.3 Å². The molecule has 2 aliphatic rings. The van der Waals surface area contributed by atoms with Crippen molar-refractivity contribution in [3.63, 3.8) is 0 Å². The lowest BCUT2D eigenvalue weighted by Crippen LogP contribution is -2.44. The van der Waals surface area contributed by atoms with Gasteiger partial charge >= 0.3 is 6.03 Å². The molecule has 0 bridgehead atoms. The highest BCUT2D eigenvalue weighted by atomic mass is 19.1. The van der Waals surface area contributed by atoms with Crippen LogP contribution in [0.4, 0.5) is 14.9 Å². The van der Waals surface area contributed by atoms with Gasteiger partial charge in [-0.1, -0.05) is 12.1 Å². The number of piperazine rings is 1. The molecule has 1 N–H and O–H groups in total. The molecule has 0 aliphatic carbocycles. The normalized spacial score (nSPS) is 17.2. The molecule has 2 aliphatic heterocycles. The third kappa shape index (κ3) is 7.71. The Morgan fingerprint density at radius 3 is 2.12 bits per heavy atom. The average molecular weight is 559 g/mol. The predicted molar refractivity (Wildman–Crippen MR) is 157 cm³/mol. The van der Waals surface area contributed by atoms with Crippen molar-refractivity contribution in [3.8, 4) is 17.2 Å². The predicted octanol–water partition coefficient (Wildman–Crippen LogP) is 5.51. The minimum atomic E-state index is -0.527. The number of rotatable bonds is 11. The fourth-order valence-electron chi connectivity index (χ4n) is 4.77. The molecule has 2 heterocycles. The lowest BCUT2D eigenvalue weighted by molar-refractivity contribution is -0.113. The highest BCUT2D eigenvalue weighted by molar-refractivity contribution is 6.28. The molecule has 5 rings (SSSR count). The number of nitrogens with zero attached hydrogens (tertiary/aromatic N) is 3. The van der Waals surface area contributed by atoms with Gasteiger partial charge in [0.1, 0.15) is 28.8 Å². The van der Waals surface area contributed by atoms with E-state index in [2.05, 4.69) is 22.2 Å². The Morgan fingerprint density at radius 2 is 1.44 bits per heavy atom. The van der Waals surface area contributed by atoms with E-state index in [1.54, 1.807) is 30.3 Å². The van der Waals surface area contributed by atoms with Crippen LogP contribution in [0.25, 0.3) is 6.08 Å². The molecule has 0 spiro atoms. The first kappa shape index (κ1) is 28.3. The number of urea groups is 1. The van der Waals surface area contributed by atoms with Crippen LogP contribution in [-0.2, 0) is 4.79 Å². The van der Waals surface area contributed by atoms with Crippen molar-refractivity contribution >= 4 is 23.7 Å². The smallest absolute Gasteiger partial charge is 0.333 e. The van der Waals surface area contributed by atoms with E-state index in [4.69, 9.17) is 9.47 Å². The number of hydrogen-bond donors (Lipinski definition) is 1. The Bertz CT molecular complexity index is 1350. The van der Waals surface area contributed by atoms with E-state index in [9.17, 15) is 14.0 Å². The first-order valence-corrected chi connectivity index (χ1v) is 14.0. The van der Waals surface area contributed by atoms with Crippen molar-refractivity contribution in [3.05, 3.63) is 89.9 Å². The fourth-order valence-corrected chi connectivity index (χ4v) is 4.77. The van der Waals surface area contributed by atoms with Gasteiger partial charge in [0.2, 0.25) is 0 Å². The Morgan fingerprint density at radius 1 is 0.805 bits per heavy atom. The number of likely N-dealkylation sites (N-methyl/N-ethyl adjacent to an activating group) is 1. The van der Waals surface area contributed by atoms with Gasteiger partial charge in [0, 0.05) is 26.2 Å². The Balaban J connectivity index is 1.08. The minimum absolute atomic E-state index is 0.190. The average Bonchev–Trinajstić information content (AvgIpc) is 3.26. The first-order chi connectivity index (χ1) is 19.9. The summed E-state index contributed by atoms with van der Waals surface area (Å²) < 4.78 is 24.7. The van der Waals surface area contributed by atoms with Crippen LogP contribution >= 0.6 is 0 Å². The summed E-state index contributed by atoms with van der Waals surface area (Å²) in [5, 5.41) is 2.65. The van der Waals surface area contributed by atoms with E-state index < -0.39 is 11.9 Å². The molecule has 0 unspecified atom stereocenters. The van der Waals surface area contributed by atoms with E-state index in [1.807, 2.05) is 24.3 Å². The van der Waals surface area contributed by atoms with Gasteiger partial charge in [-0.2, -0.15) is 0 Å². The molecule has 9 heteroatoms. The number of anilines is 1. The lowest BCUT2D eigenvalue weighted by atomic mass is 10.2. The van der Waals surface area contributed by atoms with Crippen molar-refractivity contribution < 1.29 is 23.5 Å². The summed E-state index contributed by atoms with van der Waals surface area (Å²) in [5.74, 6) is 0.956. The van der Waals surface area contributed by atoms with Gasteiger partial charge < -0.3 is 24.6 Å². The maximum atomic E-state index is 13.1. The van der Waals surface area contributed by atoms with E-state index >= 15 is 0 Å². The van der Waals surface area contributed by atoms with E-state index in [1.165, 1.54) is 30.7 Å². The van der Waals surface area contributed by atoms with E-state index in [0.717, 1.165) is 61.8 Å². The third-order valence-corrected chi connectivity index (χ3v) is 7.20. The molecule has 41 heavy (non-hydrogen) atoms. The van der Waals surface area contributed by atoms with Gasteiger partial charge in [0.15, 0.2) is 0 Å². The van der Waals surface area contributed by atoms with Gasteiger partial charge in [-0.25, -0.2) is 14.1 Å². The highest BCUT2D eigenvalue weighted by Crippen LogP contribution is 2.27. The highest BCUT2D eigenvalue weighted by Gasteiger charge is 2.34. The van der Waals surface area contributed by atoms with Gasteiger partial charge in [0.05, 0.1) is 12.3 Å². The van der Waals surface area contributed by atoms with Crippen LogP contribution in [0.1, 0.15) is 24.8 Å². The quantitative estimate of drug-likeness (QED) is 0.190. The van der Waals surface area contributed by atoms with Crippen LogP contribution in [0, 0.1) is 5.82 Å². The van der Waals surface area contributed by atoms with Crippen LogP contribution in [-0.4, -0.2) is 68.1 Å². The zero-order valence-corrected chi connectivity index (χ0v) is 23.2. The van der Waals surface area contributed by atoms with Crippen molar-refractivity contribution in [1.82, 2.24) is 15.1 Å². The van der Waals surface area contributed by atoms with Crippen LogP contribution in [0.15, 0.2) is 78.5 Å². The molecular weight excluding hydrogens is 523 g/mol. The van der Waals surface area contributed by atoms with Gasteiger partial charge in [-0.3, -0.25) is 4.79 Å². The summed E-state index contributed by atoms with van der Waals surface area (Å²) in [5.41, 5.74) is 1.38. The van der Waals surface area contributed by atoms with Crippen LogP contribution in [0.5, 0.6) is 17.2 Å². The van der Waals surface area contributed by atoms with Gasteiger partial charge in [-0.15, -0.1) is 0 Å². The summed E-state index contributed by atoms with van der Waals surface area (Å²) >= 11 is 0. The molecule has 3 aromatic carbocycles. The molecule has 2 saturated heterocycles. The van der Waals surface area contributed by atoms with Gasteiger partial charge in [-0.05, 0) is 105 Å². The summed E-state index contributed by atoms with van der Waals surface area (Å²) in [6, 6.07) is 19.1. The Hall–Kier alpha value is -4.21. The third-order valence-electron chi connectivity index (χ3n) is 7.20. The number of hydrogen-bond acceptors (Lipinski definition) is 6. The Labute approximate surface area is 239 Å². The molecule has 0 radical (unpaired) electrons. The number of amides is 3.